The predicted octanol–water partition coefficient (Wildman–Crippen LogP) is 0.850. The van der Waals surface area contributed by atoms with Crippen LogP contribution < -0.4 is 4.90 Å². The minimum atomic E-state index is -0.230. The van der Waals surface area contributed by atoms with Crippen LogP contribution in [-0.4, -0.2) is 59.9 Å². The van der Waals surface area contributed by atoms with Gasteiger partial charge in [0.25, 0.3) is 5.91 Å². The highest BCUT2D eigenvalue weighted by Gasteiger charge is 2.30. The Kier molecular flexibility index (Phi) is 4.38. The predicted molar refractivity (Wildman–Crippen MR) is 76.1 cm³/mol. The zero-order valence-electron chi connectivity index (χ0n) is 12.5. The van der Waals surface area contributed by atoms with E-state index in [-0.39, 0.29) is 12.0 Å². The molecular formula is C14H22N4O3. The second-order valence-electron chi connectivity index (χ2n) is 5.50. The summed E-state index contributed by atoms with van der Waals surface area (Å²) in [5.74, 6) is 0.788. The highest BCUT2D eigenvalue weighted by molar-refractivity contribution is 5.81. The maximum Gasteiger partial charge on any atom is 0.318 e. The third-order valence-corrected chi connectivity index (χ3v) is 4.04. The summed E-state index contributed by atoms with van der Waals surface area (Å²) in [5.41, 5.74) is 0. The summed E-state index contributed by atoms with van der Waals surface area (Å²) in [7, 11) is 0. The molecule has 1 amide bonds. The van der Waals surface area contributed by atoms with Crippen molar-refractivity contribution in [1.82, 2.24) is 15.1 Å². The standard InChI is InChI=1S/C14H22N4O3/c1-2-12-15-16-14(21-12)18-7-4-6-17(8-9-18)13(19)11-5-3-10-20-11/h11H,2-10H2,1H3/t11-/m0/s1. The van der Waals surface area contributed by atoms with Crippen LogP contribution in [0.15, 0.2) is 4.42 Å². The number of anilines is 1. The zero-order valence-corrected chi connectivity index (χ0v) is 12.5. The van der Waals surface area contributed by atoms with Crippen molar-refractivity contribution in [2.45, 2.75) is 38.7 Å². The molecule has 0 N–H and O–H groups in total. The van der Waals surface area contributed by atoms with Crippen molar-refractivity contribution >= 4 is 11.9 Å². The number of aromatic nitrogens is 2. The fourth-order valence-electron chi connectivity index (χ4n) is 2.82. The molecule has 7 heteroatoms. The van der Waals surface area contributed by atoms with Gasteiger partial charge in [-0.1, -0.05) is 12.0 Å². The van der Waals surface area contributed by atoms with E-state index in [9.17, 15) is 4.79 Å². The number of nitrogens with zero attached hydrogens (tertiary/aromatic N) is 4. The minimum Gasteiger partial charge on any atom is -0.408 e. The lowest BCUT2D eigenvalue weighted by Crippen LogP contribution is -2.41. The molecule has 3 heterocycles. The Morgan fingerprint density at radius 3 is 2.86 bits per heavy atom. The highest BCUT2D eigenvalue weighted by atomic mass is 16.5. The van der Waals surface area contributed by atoms with Crippen molar-refractivity contribution in [1.29, 1.82) is 0 Å². The molecule has 7 nitrogen and oxygen atoms in total. The Labute approximate surface area is 124 Å². The largest absolute Gasteiger partial charge is 0.408 e. The van der Waals surface area contributed by atoms with E-state index >= 15 is 0 Å². The van der Waals surface area contributed by atoms with Gasteiger partial charge in [0.05, 0.1) is 0 Å². The molecule has 0 bridgehead atoms. The maximum atomic E-state index is 12.4. The highest BCUT2D eigenvalue weighted by Crippen LogP contribution is 2.18. The molecule has 2 aliphatic rings. The molecular weight excluding hydrogens is 272 g/mol. The molecule has 2 saturated heterocycles. The van der Waals surface area contributed by atoms with E-state index in [2.05, 4.69) is 15.1 Å². The molecule has 1 aromatic heterocycles. The summed E-state index contributed by atoms with van der Waals surface area (Å²) in [6, 6.07) is 0.568. The van der Waals surface area contributed by atoms with Crippen LogP contribution in [0.5, 0.6) is 0 Å². The van der Waals surface area contributed by atoms with Gasteiger partial charge in [0.15, 0.2) is 0 Å². The van der Waals surface area contributed by atoms with Gasteiger partial charge in [-0.05, 0) is 19.3 Å². The third-order valence-electron chi connectivity index (χ3n) is 4.04. The normalized spacial score (nSPS) is 23.4. The number of carbonyl (C=O) groups is 1. The van der Waals surface area contributed by atoms with E-state index in [1.807, 2.05) is 11.8 Å². The van der Waals surface area contributed by atoms with Crippen LogP contribution in [0, 0.1) is 0 Å². The van der Waals surface area contributed by atoms with Crippen molar-refractivity contribution in [2.75, 3.05) is 37.7 Å². The average Bonchev–Trinajstić information content (AvgIpc) is 3.14. The van der Waals surface area contributed by atoms with Crippen LogP contribution in [0.4, 0.5) is 6.01 Å². The summed E-state index contributed by atoms with van der Waals surface area (Å²) in [5, 5.41) is 8.08. The number of hydrogen-bond donors (Lipinski definition) is 0. The van der Waals surface area contributed by atoms with Gasteiger partial charge in [0, 0.05) is 39.2 Å². The van der Waals surface area contributed by atoms with E-state index < -0.39 is 0 Å². The molecule has 0 radical (unpaired) electrons. The van der Waals surface area contributed by atoms with Gasteiger partial charge in [-0.2, -0.15) is 0 Å². The summed E-state index contributed by atoms with van der Waals surface area (Å²) in [6.45, 7) is 5.71. The topological polar surface area (TPSA) is 71.7 Å². The Hall–Kier alpha value is -1.63. The Morgan fingerprint density at radius 2 is 2.14 bits per heavy atom. The maximum absolute atomic E-state index is 12.4. The number of amides is 1. The van der Waals surface area contributed by atoms with E-state index in [4.69, 9.17) is 9.15 Å². The van der Waals surface area contributed by atoms with Gasteiger partial charge in [-0.25, -0.2) is 0 Å². The molecule has 0 unspecified atom stereocenters. The smallest absolute Gasteiger partial charge is 0.318 e. The van der Waals surface area contributed by atoms with Gasteiger partial charge >= 0.3 is 6.01 Å². The van der Waals surface area contributed by atoms with Crippen molar-refractivity contribution in [3.05, 3.63) is 5.89 Å². The Morgan fingerprint density at radius 1 is 1.24 bits per heavy atom. The lowest BCUT2D eigenvalue weighted by Gasteiger charge is -2.23. The molecule has 1 atom stereocenters. The summed E-state index contributed by atoms with van der Waals surface area (Å²) >= 11 is 0. The first kappa shape index (κ1) is 14.3. The summed E-state index contributed by atoms with van der Waals surface area (Å²) in [6.07, 6.45) is 3.25. The van der Waals surface area contributed by atoms with Crippen LogP contribution in [0.2, 0.25) is 0 Å². The van der Waals surface area contributed by atoms with Crippen molar-refractivity contribution in [2.24, 2.45) is 0 Å². The summed E-state index contributed by atoms with van der Waals surface area (Å²) in [4.78, 5) is 16.4. The fourth-order valence-corrected chi connectivity index (χ4v) is 2.82. The zero-order chi connectivity index (χ0) is 14.7. The van der Waals surface area contributed by atoms with Gasteiger partial charge in [0.1, 0.15) is 6.10 Å². The molecule has 2 fully saturated rings. The van der Waals surface area contributed by atoms with Crippen molar-refractivity contribution in [3.8, 4) is 0 Å². The Balaban J connectivity index is 1.59. The summed E-state index contributed by atoms with van der Waals surface area (Å²) < 4.78 is 11.1. The number of rotatable bonds is 3. The molecule has 21 heavy (non-hydrogen) atoms. The molecule has 2 aliphatic heterocycles. The van der Waals surface area contributed by atoms with Crippen molar-refractivity contribution < 1.29 is 13.9 Å². The first-order valence-electron chi connectivity index (χ1n) is 7.75. The SMILES string of the molecule is CCc1nnc(N2CCCN(C(=O)[C@@H]3CCCO3)CC2)o1. The second kappa shape index (κ2) is 6.43. The molecule has 0 aromatic carbocycles. The lowest BCUT2D eigenvalue weighted by atomic mass is 10.2. The van der Waals surface area contributed by atoms with Crippen LogP contribution >= 0.6 is 0 Å². The number of aryl methyl sites for hydroxylation is 1. The number of ether oxygens (including phenoxy) is 1. The van der Waals surface area contributed by atoms with Crippen LogP contribution in [-0.2, 0) is 16.0 Å². The molecule has 0 aliphatic carbocycles. The van der Waals surface area contributed by atoms with Gasteiger partial charge in [0.2, 0.25) is 5.89 Å². The third kappa shape index (κ3) is 3.18. The second-order valence-corrected chi connectivity index (χ2v) is 5.50. The number of hydrogen-bond acceptors (Lipinski definition) is 6. The van der Waals surface area contributed by atoms with E-state index in [0.717, 1.165) is 45.3 Å². The van der Waals surface area contributed by atoms with Crippen LogP contribution in [0.1, 0.15) is 32.1 Å². The van der Waals surface area contributed by atoms with Gasteiger partial charge in [-0.15, -0.1) is 5.10 Å². The lowest BCUT2D eigenvalue weighted by molar-refractivity contribution is -0.140. The quantitative estimate of drug-likeness (QED) is 0.823. The van der Waals surface area contributed by atoms with E-state index in [0.29, 0.717) is 25.1 Å². The van der Waals surface area contributed by atoms with Gasteiger partial charge in [-0.3, -0.25) is 4.79 Å². The van der Waals surface area contributed by atoms with Crippen LogP contribution in [0.3, 0.4) is 0 Å². The van der Waals surface area contributed by atoms with Crippen molar-refractivity contribution in [3.63, 3.8) is 0 Å². The van der Waals surface area contributed by atoms with E-state index in [1.54, 1.807) is 0 Å². The molecule has 116 valence electrons. The molecule has 1 aromatic rings. The minimum absolute atomic E-state index is 0.133. The first-order chi connectivity index (χ1) is 10.3. The van der Waals surface area contributed by atoms with Crippen LogP contribution in [0.25, 0.3) is 0 Å². The molecule has 3 rings (SSSR count). The fraction of sp³-hybridized carbons (Fsp3) is 0.786. The first-order valence-corrected chi connectivity index (χ1v) is 7.75. The Bertz CT molecular complexity index is 484. The molecule has 0 spiro atoms. The van der Waals surface area contributed by atoms with E-state index in [1.165, 1.54) is 0 Å². The average molecular weight is 294 g/mol. The monoisotopic (exact) mass is 294 g/mol. The van der Waals surface area contributed by atoms with Gasteiger partial charge < -0.3 is 19.0 Å². The molecule has 0 saturated carbocycles. The number of carbonyl (C=O) groups excluding carboxylic acids is 1.